The zero-order valence-corrected chi connectivity index (χ0v) is 11.0. The van der Waals surface area contributed by atoms with E-state index in [1.165, 1.54) is 19.4 Å². The minimum Gasteiger partial charge on any atom is -0.387 e. The number of azide groups is 1. The average Bonchev–Trinajstić information content (AvgIpc) is 2.66. The third-order valence-corrected chi connectivity index (χ3v) is 3.05. The molecule has 4 atom stereocenters. The van der Waals surface area contributed by atoms with Gasteiger partial charge in [0.05, 0.1) is 6.61 Å². The monoisotopic (exact) mass is 300 g/mol. The van der Waals surface area contributed by atoms with Crippen LogP contribution in [0.3, 0.4) is 0 Å². The zero-order chi connectivity index (χ0) is 15.6. The number of nitrogen functional groups attached to an aromatic ring is 1. The van der Waals surface area contributed by atoms with Crippen LogP contribution in [0, 0.1) is 0 Å². The molecule has 2 heterocycles. The summed E-state index contributed by atoms with van der Waals surface area (Å²) in [6.45, 7) is -0.383. The minimum atomic E-state index is -2.02. The summed E-state index contributed by atoms with van der Waals surface area (Å²) in [5, 5.41) is 13.2. The van der Waals surface area contributed by atoms with Crippen LogP contribution >= 0.6 is 0 Å². The first-order valence-electron chi connectivity index (χ1n) is 5.85. The van der Waals surface area contributed by atoms with Crippen LogP contribution in [0.4, 0.5) is 10.2 Å². The Balaban J connectivity index is 2.43. The lowest BCUT2D eigenvalue weighted by molar-refractivity contribution is -0.131. The number of aromatic nitrogens is 2. The van der Waals surface area contributed by atoms with Crippen LogP contribution in [0.15, 0.2) is 22.2 Å². The maximum Gasteiger partial charge on any atom is 0.351 e. The van der Waals surface area contributed by atoms with Gasteiger partial charge in [-0.1, -0.05) is 5.11 Å². The number of aliphatic hydroxyl groups excluding tert-OH is 1. The first-order valence-corrected chi connectivity index (χ1v) is 5.85. The molecule has 1 aromatic rings. The molecule has 3 N–H and O–H groups in total. The molecule has 0 bridgehead atoms. The van der Waals surface area contributed by atoms with E-state index in [0.717, 1.165) is 4.57 Å². The Hall–Kier alpha value is -2.20. The standard InChI is InChI=1S/C10H13FN6O4/c1-20-4-10(15-16-13)7(18)6(11)8(21-10)17-3-2-5(12)14-9(17)19/h2-3,6-8,18H,4H2,1H3,(H2,12,14,19)/t6-,7-,8+,10+/m0/s1. The molecular weight excluding hydrogens is 287 g/mol. The maximum atomic E-state index is 14.3. The molecule has 21 heavy (non-hydrogen) atoms. The van der Waals surface area contributed by atoms with Crippen molar-refractivity contribution < 1.29 is 19.0 Å². The molecule has 0 saturated carbocycles. The number of nitrogens with zero attached hydrogens (tertiary/aromatic N) is 5. The summed E-state index contributed by atoms with van der Waals surface area (Å²) < 4.78 is 25.1. The molecule has 11 heteroatoms. The largest absolute Gasteiger partial charge is 0.387 e. The summed E-state index contributed by atoms with van der Waals surface area (Å²) in [5.74, 6) is -0.0385. The predicted octanol–water partition coefficient (Wildman–Crippen LogP) is -0.294. The molecule has 0 unspecified atom stereocenters. The Bertz CT molecular complexity index is 632. The number of halogens is 1. The van der Waals surface area contributed by atoms with Gasteiger partial charge in [0.25, 0.3) is 0 Å². The fourth-order valence-corrected chi connectivity index (χ4v) is 2.09. The molecule has 2 rings (SSSR count). The van der Waals surface area contributed by atoms with Crippen molar-refractivity contribution in [2.45, 2.75) is 24.2 Å². The second-order valence-electron chi connectivity index (χ2n) is 4.41. The van der Waals surface area contributed by atoms with Crippen molar-refractivity contribution in [3.8, 4) is 0 Å². The van der Waals surface area contributed by atoms with Gasteiger partial charge in [0, 0.05) is 18.2 Å². The van der Waals surface area contributed by atoms with E-state index in [2.05, 4.69) is 15.0 Å². The second-order valence-corrected chi connectivity index (χ2v) is 4.41. The van der Waals surface area contributed by atoms with Gasteiger partial charge in [-0.3, -0.25) is 4.57 Å². The molecule has 10 nitrogen and oxygen atoms in total. The molecule has 1 fully saturated rings. The van der Waals surface area contributed by atoms with Gasteiger partial charge >= 0.3 is 5.69 Å². The lowest BCUT2D eigenvalue weighted by Gasteiger charge is -2.25. The third kappa shape index (κ3) is 2.54. The number of aliphatic hydroxyl groups is 1. The molecule has 1 aromatic heterocycles. The van der Waals surface area contributed by atoms with Gasteiger partial charge in [-0.05, 0) is 11.6 Å². The van der Waals surface area contributed by atoms with E-state index >= 15 is 0 Å². The molecular formula is C10H13FN6O4. The normalized spacial score (nSPS) is 31.9. The van der Waals surface area contributed by atoms with Crippen LogP contribution in [-0.2, 0) is 9.47 Å². The van der Waals surface area contributed by atoms with Gasteiger partial charge in [-0.25, -0.2) is 9.18 Å². The summed E-state index contributed by atoms with van der Waals surface area (Å²) in [6.07, 6.45) is -4.16. The Morgan fingerprint density at radius 3 is 3.10 bits per heavy atom. The molecule has 114 valence electrons. The number of anilines is 1. The zero-order valence-electron chi connectivity index (χ0n) is 11.0. The molecule has 0 aromatic carbocycles. The van der Waals surface area contributed by atoms with Gasteiger partial charge in [0.1, 0.15) is 11.9 Å². The van der Waals surface area contributed by atoms with Crippen LogP contribution in [0.2, 0.25) is 0 Å². The fourth-order valence-electron chi connectivity index (χ4n) is 2.09. The van der Waals surface area contributed by atoms with Gasteiger partial charge in [0.2, 0.25) is 5.72 Å². The van der Waals surface area contributed by atoms with Crippen LogP contribution in [-0.4, -0.2) is 46.4 Å². The van der Waals surface area contributed by atoms with Crippen molar-refractivity contribution in [1.82, 2.24) is 9.55 Å². The summed E-state index contributed by atoms with van der Waals surface area (Å²) in [6, 6.07) is 1.27. The summed E-state index contributed by atoms with van der Waals surface area (Å²) >= 11 is 0. The Morgan fingerprint density at radius 2 is 2.52 bits per heavy atom. The van der Waals surface area contributed by atoms with Gasteiger partial charge in [-0.2, -0.15) is 4.98 Å². The quantitative estimate of drug-likeness (QED) is 0.443. The van der Waals surface area contributed by atoms with Gasteiger partial charge in [-0.15, -0.1) is 0 Å². The van der Waals surface area contributed by atoms with Crippen molar-refractivity contribution >= 4 is 5.82 Å². The van der Waals surface area contributed by atoms with E-state index in [1.54, 1.807) is 0 Å². The lowest BCUT2D eigenvalue weighted by atomic mass is 10.1. The molecule has 0 aliphatic carbocycles. The van der Waals surface area contributed by atoms with E-state index in [9.17, 15) is 14.3 Å². The SMILES string of the molecule is COC[C@@]1(N=[N+]=[N-])O[C@@H](n2ccc(N)nc2=O)[C@@H](F)[C@@H]1O. The smallest absolute Gasteiger partial charge is 0.351 e. The molecule has 1 saturated heterocycles. The highest BCUT2D eigenvalue weighted by Gasteiger charge is 2.56. The Labute approximate surface area is 117 Å². The minimum absolute atomic E-state index is 0.0385. The summed E-state index contributed by atoms with van der Waals surface area (Å²) in [4.78, 5) is 17.7. The topological polar surface area (TPSA) is 148 Å². The first kappa shape index (κ1) is 15.2. The van der Waals surface area contributed by atoms with Crippen LogP contribution in [0.25, 0.3) is 10.4 Å². The van der Waals surface area contributed by atoms with E-state index in [-0.39, 0.29) is 12.4 Å². The predicted molar refractivity (Wildman–Crippen MR) is 67.7 cm³/mol. The van der Waals surface area contributed by atoms with Crippen LogP contribution in [0.1, 0.15) is 6.23 Å². The second kappa shape index (κ2) is 5.66. The molecule has 0 radical (unpaired) electrons. The summed E-state index contributed by atoms with van der Waals surface area (Å²) in [7, 11) is 1.27. The first-order chi connectivity index (χ1) is 9.95. The lowest BCUT2D eigenvalue weighted by Crippen LogP contribution is -2.43. The van der Waals surface area contributed by atoms with E-state index in [0.29, 0.717) is 0 Å². The fraction of sp³-hybridized carbons (Fsp3) is 0.600. The number of nitrogens with two attached hydrogens (primary N) is 1. The van der Waals surface area contributed by atoms with E-state index in [1.807, 2.05) is 0 Å². The maximum absolute atomic E-state index is 14.3. The Kier molecular flexibility index (Phi) is 4.09. The van der Waals surface area contributed by atoms with E-state index in [4.69, 9.17) is 20.7 Å². The van der Waals surface area contributed by atoms with Crippen LogP contribution < -0.4 is 11.4 Å². The van der Waals surface area contributed by atoms with Crippen LogP contribution in [0.5, 0.6) is 0 Å². The Morgan fingerprint density at radius 1 is 1.81 bits per heavy atom. The number of methoxy groups -OCH3 is 1. The van der Waals surface area contributed by atoms with Gasteiger partial charge in [0.15, 0.2) is 12.4 Å². The number of hydrogen-bond acceptors (Lipinski definition) is 7. The molecule has 1 aliphatic rings. The molecule has 0 spiro atoms. The molecule has 1 aliphatic heterocycles. The number of hydrogen-bond donors (Lipinski definition) is 2. The summed E-state index contributed by atoms with van der Waals surface area (Å²) in [5.41, 5.74) is 11.1. The highest BCUT2D eigenvalue weighted by atomic mass is 19.1. The van der Waals surface area contributed by atoms with Crippen molar-refractivity contribution in [2.75, 3.05) is 19.5 Å². The number of alkyl halides is 1. The average molecular weight is 300 g/mol. The number of ether oxygens (including phenoxy) is 2. The highest BCUT2D eigenvalue weighted by Crippen LogP contribution is 2.39. The highest BCUT2D eigenvalue weighted by molar-refractivity contribution is 5.23. The van der Waals surface area contributed by atoms with Crippen molar-refractivity contribution in [3.05, 3.63) is 33.2 Å². The van der Waals surface area contributed by atoms with E-state index < -0.39 is 29.9 Å². The van der Waals surface area contributed by atoms with Crippen molar-refractivity contribution in [1.29, 1.82) is 0 Å². The third-order valence-electron chi connectivity index (χ3n) is 3.05. The number of rotatable bonds is 4. The van der Waals surface area contributed by atoms with Crippen molar-refractivity contribution in [3.63, 3.8) is 0 Å². The molecule has 0 amide bonds. The van der Waals surface area contributed by atoms with Gasteiger partial charge < -0.3 is 20.3 Å². The van der Waals surface area contributed by atoms with Crippen molar-refractivity contribution in [2.24, 2.45) is 5.11 Å².